The van der Waals surface area contributed by atoms with Crippen LogP contribution in [0.1, 0.15) is 12.8 Å². The number of primary amides is 1. The summed E-state index contributed by atoms with van der Waals surface area (Å²) in [5.74, 6) is -1.06. The predicted octanol–water partition coefficient (Wildman–Crippen LogP) is 2.91. The van der Waals surface area contributed by atoms with Crippen molar-refractivity contribution in [3.63, 3.8) is 0 Å². The van der Waals surface area contributed by atoms with Crippen LogP contribution in [0, 0.1) is 5.92 Å². The van der Waals surface area contributed by atoms with Gasteiger partial charge in [-0.3, -0.25) is 13.9 Å². The number of nitrogens with two attached hydrogens (primary N) is 1. The zero-order valence-corrected chi connectivity index (χ0v) is 18.3. The fourth-order valence-electron chi connectivity index (χ4n) is 3.33. The van der Waals surface area contributed by atoms with Crippen LogP contribution >= 0.6 is 23.2 Å². The van der Waals surface area contributed by atoms with E-state index in [1.807, 2.05) is 0 Å². The third-order valence-corrected chi connectivity index (χ3v) is 7.37. The molecule has 2 aromatic carbocycles. The van der Waals surface area contributed by atoms with Gasteiger partial charge in [0.15, 0.2) is 0 Å². The van der Waals surface area contributed by atoms with Gasteiger partial charge in [0.25, 0.3) is 10.0 Å². The maximum absolute atomic E-state index is 13.3. The summed E-state index contributed by atoms with van der Waals surface area (Å²) in [6, 6.07) is 12.2. The summed E-state index contributed by atoms with van der Waals surface area (Å²) in [6.45, 7) is 0.211. The largest absolute Gasteiger partial charge is 0.369 e. The summed E-state index contributed by atoms with van der Waals surface area (Å²) < 4.78 is 27.7. The molecule has 0 atom stereocenters. The van der Waals surface area contributed by atoms with Crippen molar-refractivity contribution in [2.24, 2.45) is 11.7 Å². The molecule has 2 amide bonds. The zero-order valence-electron chi connectivity index (χ0n) is 16.0. The van der Waals surface area contributed by atoms with Crippen LogP contribution in [0.15, 0.2) is 53.4 Å². The van der Waals surface area contributed by atoms with Crippen LogP contribution in [0.5, 0.6) is 0 Å². The molecule has 0 unspecified atom stereocenters. The van der Waals surface area contributed by atoms with E-state index in [0.29, 0.717) is 25.9 Å². The standard InChI is InChI=1S/C20H21Cl2N3O4S/c21-15-6-7-17(22)18(12-15)25(30(28,29)16-4-2-1-3-5-16)13-19(26)24-10-8-14(9-11-24)20(23)27/h1-7,12,14H,8-11,13H2,(H2,23,27). The maximum atomic E-state index is 13.3. The summed E-state index contributed by atoms with van der Waals surface area (Å²) in [6.07, 6.45) is 0.898. The second-order valence-electron chi connectivity index (χ2n) is 6.98. The number of piperidine rings is 1. The van der Waals surface area contributed by atoms with Crippen molar-refractivity contribution < 1.29 is 18.0 Å². The number of hydrogen-bond acceptors (Lipinski definition) is 4. The van der Waals surface area contributed by atoms with Crippen molar-refractivity contribution in [2.45, 2.75) is 17.7 Å². The van der Waals surface area contributed by atoms with Gasteiger partial charge in [0.05, 0.1) is 15.6 Å². The molecule has 1 aliphatic heterocycles. The highest BCUT2D eigenvalue weighted by atomic mass is 35.5. The summed E-state index contributed by atoms with van der Waals surface area (Å²) in [5.41, 5.74) is 5.46. The number of nitrogens with zero attached hydrogens (tertiary/aromatic N) is 2. The fourth-order valence-corrected chi connectivity index (χ4v) is 5.21. The molecular weight excluding hydrogens is 449 g/mol. The molecule has 0 aliphatic carbocycles. The van der Waals surface area contributed by atoms with Crippen LogP contribution in [0.4, 0.5) is 5.69 Å². The summed E-state index contributed by atoms with van der Waals surface area (Å²) >= 11 is 12.3. The van der Waals surface area contributed by atoms with Gasteiger partial charge in [-0.15, -0.1) is 0 Å². The first-order chi connectivity index (χ1) is 14.2. The van der Waals surface area contributed by atoms with E-state index in [1.54, 1.807) is 18.2 Å². The number of carbonyl (C=O) groups is 2. The van der Waals surface area contributed by atoms with Gasteiger partial charge in [-0.25, -0.2) is 8.42 Å². The number of halogens is 2. The second kappa shape index (κ2) is 9.24. The van der Waals surface area contributed by atoms with Crippen molar-refractivity contribution >= 4 is 50.7 Å². The molecule has 1 aliphatic rings. The van der Waals surface area contributed by atoms with Gasteiger partial charge in [0.1, 0.15) is 6.54 Å². The van der Waals surface area contributed by atoms with E-state index in [4.69, 9.17) is 28.9 Å². The lowest BCUT2D eigenvalue weighted by atomic mass is 9.96. The zero-order chi connectivity index (χ0) is 21.9. The Balaban J connectivity index is 1.92. The van der Waals surface area contributed by atoms with E-state index in [9.17, 15) is 18.0 Å². The molecule has 0 bridgehead atoms. The smallest absolute Gasteiger partial charge is 0.264 e. The molecule has 2 aromatic rings. The Morgan fingerprint density at radius 2 is 1.70 bits per heavy atom. The summed E-state index contributed by atoms with van der Waals surface area (Å²) in [7, 11) is -4.08. The van der Waals surface area contributed by atoms with Gasteiger partial charge in [0, 0.05) is 24.0 Å². The molecule has 160 valence electrons. The number of hydrogen-bond donors (Lipinski definition) is 1. The van der Waals surface area contributed by atoms with E-state index < -0.39 is 22.5 Å². The van der Waals surface area contributed by atoms with Crippen LogP contribution < -0.4 is 10.0 Å². The number of likely N-dealkylation sites (tertiary alicyclic amines) is 1. The lowest BCUT2D eigenvalue weighted by molar-refractivity contribution is -0.133. The van der Waals surface area contributed by atoms with Crippen LogP contribution in [0.3, 0.4) is 0 Å². The average molecular weight is 470 g/mol. The van der Waals surface area contributed by atoms with Crippen molar-refractivity contribution in [1.82, 2.24) is 4.90 Å². The van der Waals surface area contributed by atoms with E-state index in [2.05, 4.69) is 0 Å². The minimum absolute atomic E-state index is 0.0290. The Kier molecular flexibility index (Phi) is 6.90. The topological polar surface area (TPSA) is 101 Å². The third kappa shape index (κ3) is 4.88. The van der Waals surface area contributed by atoms with Crippen molar-refractivity contribution in [3.05, 3.63) is 58.6 Å². The number of amides is 2. The number of rotatable bonds is 6. The lowest BCUT2D eigenvalue weighted by Gasteiger charge is -2.33. The minimum atomic E-state index is -4.08. The van der Waals surface area contributed by atoms with Crippen LogP contribution in [0.25, 0.3) is 0 Å². The molecular formula is C20H21Cl2N3O4S. The highest BCUT2D eigenvalue weighted by Gasteiger charge is 2.32. The quantitative estimate of drug-likeness (QED) is 0.702. The Morgan fingerprint density at radius 1 is 1.07 bits per heavy atom. The van der Waals surface area contributed by atoms with Crippen LogP contribution in [-0.2, 0) is 19.6 Å². The summed E-state index contributed by atoms with van der Waals surface area (Å²) in [4.78, 5) is 25.9. The van der Waals surface area contributed by atoms with E-state index in [0.717, 1.165) is 4.31 Å². The minimum Gasteiger partial charge on any atom is -0.369 e. The first kappa shape index (κ1) is 22.4. The Bertz CT molecular complexity index is 1040. The number of carbonyl (C=O) groups excluding carboxylic acids is 2. The van der Waals surface area contributed by atoms with Gasteiger partial charge in [-0.1, -0.05) is 41.4 Å². The molecule has 0 aromatic heterocycles. The molecule has 3 rings (SSSR count). The Morgan fingerprint density at radius 3 is 2.30 bits per heavy atom. The Hall–Kier alpha value is -2.29. The van der Waals surface area contributed by atoms with Crippen molar-refractivity contribution in [1.29, 1.82) is 0 Å². The van der Waals surface area contributed by atoms with Gasteiger partial charge in [0.2, 0.25) is 11.8 Å². The average Bonchev–Trinajstić information content (AvgIpc) is 2.74. The molecule has 2 N–H and O–H groups in total. The second-order valence-corrected chi connectivity index (χ2v) is 9.68. The van der Waals surface area contributed by atoms with E-state index >= 15 is 0 Å². The molecule has 1 heterocycles. The van der Waals surface area contributed by atoms with Crippen molar-refractivity contribution in [3.8, 4) is 0 Å². The molecule has 0 spiro atoms. The van der Waals surface area contributed by atoms with Crippen LogP contribution in [0.2, 0.25) is 10.0 Å². The van der Waals surface area contributed by atoms with Crippen LogP contribution in [-0.4, -0.2) is 44.8 Å². The molecule has 10 heteroatoms. The normalized spacial score (nSPS) is 15.1. The number of benzene rings is 2. The molecule has 7 nitrogen and oxygen atoms in total. The molecule has 0 radical (unpaired) electrons. The first-order valence-electron chi connectivity index (χ1n) is 9.30. The third-order valence-electron chi connectivity index (χ3n) is 5.04. The van der Waals surface area contributed by atoms with Gasteiger partial charge < -0.3 is 10.6 Å². The SMILES string of the molecule is NC(=O)C1CCN(C(=O)CN(c2cc(Cl)ccc2Cl)S(=O)(=O)c2ccccc2)CC1. The van der Waals surface area contributed by atoms with E-state index in [1.165, 1.54) is 35.2 Å². The molecule has 30 heavy (non-hydrogen) atoms. The first-order valence-corrected chi connectivity index (χ1v) is 11.5. The molecule has 0 saturated carbocycles. The van der Waals surface area contributed by atoms with Gasteiger partial charge >= 0.3 is 0 Å². The Labute approximate surface area is 185 Å². The number of anilines is 1. The maximum Gasteiger partial charge on any atom is 0.264 e. The highest BCUT2D eigenvalue weighted by molar-refractivity contribution is 7.92. The van der Waals surface area contributed by atoms with Gasteiger partial charge in [-0.2, -0.15) is 0 Å². The lowest BCUT2D eigenvalue weighted by Crippen LogP contribution is -2.47. The monoisotopic (exact) mass is 469 g/mol. The molecule has 1 saturated heterocycles. The highest BCUT2D eigenvalue weighted by Crippen LogP contribution is 2.33. The predicted molar refractivity (Wildman–Crippen MR) is 116 cm³/mol. The summed E-state index contributed by atoms with van der Waals surface area (Å²) in [5, 5.41) is 0.441. The van der Waals surface area contributed by atoms with E-state index in [-0.39, 0.29) is 32.5 Å². The number of sulfonamides is 1. The van der Waals surface area contributed by atoms with Gasteiger partial charge in [-0.05, 0) is 43.2 Å². The fraction of sp³-hybridized carbons (Fsp3) is 0.300. The molecule has 1 fully saturated rings. The van der Waals surface area contributed by atoms with Crippen molar-refractivity contribution in [2.75, 3.05) is 23.9 Å².